The van der Waals surface area contributed by atoms with Crippen LogP contribution in [0.2, 0.25) is 0 Å². The molecule has 0 aliphatic heterocycles. The summed E-state index contributed by atoms with van der Waals surface area (Å²) in [7, 11) is 3.48. The first kappa shape index (κ1) is 21.0. The average molecular weight is 420 g/mol. The Balaban J connectivity index is 1.51. The fourth-order valence-corrected chi connectivity index (χ4v) is 3.67. The monoisotopic (exact) mass is 419 g/mol. The predicted octanol–water partition coefficient (Wildman–Crippen LogP) is 3.45. The van der Waals surface area contributed by atoms with Gasteiger partial charge in [0.25, 0.3) is 0 Å². The maximum absolute atomic E-state index is 5.70. The maximum atomic E-state index is 5.70. The molecule has 0 aromatic carbocycles. The van der Waals surface area contributed by atoms with E-state index in [1.807, 2.05) is 28.8 Å². The summed E-state index contributed by atoms with van der Waals surface area (Å²) < 4.78 is 7.74. The van der Waals surface area contributed by atoms with Gasteiger partial charge < -0.3 is 15.8 Å². The number of pyridine rings is 2. The van der Waals surface area contributed by atoms with Crippen LogP contribution in [0, 0.1) is 5.92 Å². The van der Waals surface area contributed by atoms with Gasteiger partial charge in [0, 0.05) is 33.0 Å². The van der Waals surface area contributed by atoms with E-state index in [4.69, 9.17) is 10.5 Å². The van der Waals surface area contributed by atoms with Crippen molar-refractivity contribution < 1.29 is 4.74 Å². The van der Waals surface area contributed by atoms with Gasteiger partial charge in [0.05, 0.1) is 6.10 Å². The fourth-order valence-electron chi connectivity index (χ4n) is 3.67. The zero-order valence-corrected chi connectivity index (χ0v) is 18.0. The minimum absolute atomic E-state index is 0.179. The third-order valence-electron chi connectivity index (χ3n) is 5.66. The van der Waals surface area contributed by atoms with Gasteiger partial charge in [-0.3, -0.25) is 9.39 Å². The van der Waals surface area contributed by atoms with Gasteiger partial charge in [-0.1, -0.05) is 12.8 Å². The van der Waals surface area contributed by atoms with Gasteiger partial charge in [-0.25, -0.2) is 4.98 Å². The number of hydrogen-bond donors (Lipinski definition) is 2. The molecular formula is C23H29N7O. The van der Waals surface area contributed by atoms with Crippen molar-refractivity contribution in [2.75, 3.05) is 19.5 Å². The number of rotatable bonds is 9. The van der Waals surface area contributed by atoms with Gasteiger partial charge in [-0.05, 0) is 66.4 Å². The van der Waals surface area contributed by atoms with Gasteiger partial charge in [0.2, 0.25) is 0 Å². The van der Waals surface area contributed by atoms with Crippen molar-refractivity contribution in [3.63, 3.8) is 0 Å². The lowest BCUT2D eigenvalue weighted by Crippen LogP contribution is -2.16. The van der Waals surface area contributed by atoms with Crippen LogP contribution in [0.1, 0.15) is 31.5 Å². The summed E-state index contributed by atoms with van der Waals surface area (Å²) in [5.74, 6) is 3.16. The molecule has 1 unspecified atom stereocenters. The van der Waals surface area contributed by atoms with E-state index >= 15 is 0 Å². The third kappa shape index (κ3) is 5.27. The first-order chi connectivity index (χ1) is 15.2. The Morgan fingerprint density at radius 2 is 2.16 bits per heavy atom. The van der Waals surface area contributed by atoms with Gasteiger partial charge in [-0.2, -0.15) is 0 Å². The molecule has 1 fully saturated rings. The molecule has 0 bridgehead atoms. The lowest BCUT2D eigenvalue weighted by Gasteiger charge is -2.14. The Labute approximate surface area is 182 Å². The van der Waals surface area contributed by atoms with Crippen LogP contribution in [0.3, 0.4) is 0 Å². The van der Waals surface area contributed by atoms with Gasteiger partial charge >= 0.3 is 0 Å². The topological polar surface area (TPSA) is 103 Å². The number of nitrogens with two attached hydrogens (primary N) is 1. The molecule has 1 aliphatic carbocycles. The molecular weight excluding hydrogens is 390 g/mol. The van der Waals surface area contributed by atoms with Crippen molar-refractivity contribution in [2.45, 2.75) is 38.2 Å². The SMILES string of the molecule is CN=C(C=CN)Nc1cc(-c2ccn3c(CC(CCC4CC4)OC)nnc3c2)ccn1. The van der Waals surface area contributed by atoms with E-state index in [0.717, 1.165) is 41.4 Å². The second-order valence-corrected chi connectivity index (χ2v) is 7.87. The van der Waals surface area contributed by atoms with E-state index in [2.05, 4.69) is 31.6 Å². The van der Waals surface area contributed by atoms with E-state index < -0.39 is 0 Å². The Hall–Kier alpha value is -3.26. The molecule has 3 N–H and O–H groups in total. The Kier molecular flexibility index (Phi) is 6.57. The molecule has 8 heteroatoms. The quantitative estimate of drug-likeness (QED) is 0.407. The number of ether oxygens (including phenoxy) is 1. The molecule has 1 aliphatic rings. The number of anilines is 1. The molecule has 3 aromatic heterocycles. The highest BCUT2D eigenvalue weighted by Gasteiger charge is 2.23. The Morgan fingerprint density at radius 3 is 2.90 bits per heavy atom. The molecule has 3 aromatic rings. The van der Waals surface area contributed by atoms with Crippen LogP contribution in [0.4, 0.5) is 5.82 Å². The highest BCUT2D eigenvalue weighted by molar-refractivity contribution is 6.03. The molecule has 4 rings (SSSR count). The van der Waals surface area contributed by atoms with Crippen molar-refractivity contribution in [3.8, 4) is 11.1 Å². The summed E-state index contributed by atoms with van der Waals surface area (Å²) in [6.07, 6.45) is 12.9. The molecule has 162 valence electrons. The van der Waals surface area contributed by atoms with Crippen molar-refractivity contribution in [1.29, 1.82) is 0 Å². The summed E-state index contributed by atoms with van der Waals surface area (Å²) in [5, 5.41) is 12.0. The first-order valence-corrected chi connectivity index (χ1v) is 10.6. The lowest BCUT2D eigenvalue weighted by atomic mass is 10.1. The van der Waals surface area contributed by atoms with Crippen molar-refractivity contribution in [1.82, 2.24) is 19.6 Å². The van der Waals surface area contributed by atoms with Crippen LogP contribution in [-0.4, -0.2) is 45.7 Å². The molecule has 0 saturated heterocycles. The zero-order chi connectivity index (χ0) is 21.6. The van der Waals surface area contributed by atoms with Gasteiger partial charge in [0.1, 0.15) is 17.5 Å². The van der Waals surface area contributed by atoms with Gasteiger partial charge in [-0.15, -0.1) is 10.2 Å². The van der Waals surface area contributed by atoms with Crippen LogP contribution in [0.5, 0.6) is 0 Å². The summed E-state index contributed by atoms with van der Waals surface area (Å²) >= 11 is 0. The average Bonchev–Trinajstić information content (AvgIpc) is 3.55. The van der Waals surface area contributed by atoms with Crippen molar-refractivity contribution in [2.24, 2.45) is 16.6 Å². The highest BCUT2D eigenvalue weighted by Crippen LogP contribution is 2.34. The number of amidine groups is 1. The van der Waals surface area contributed by atoms with Crippen LogP contribution < -0.4 is 11.1 Å². The molecule has 0 radical (unpaired) electrons. The summed E-state index contributed by atoms with van der Waals surface area (Å²) in [5.41, 5.74) is 8.34. The number of fused-ring (bicyclic) bond motifs is 1. The molecule has 1 atom stereocenters. The number of aromatic nitrogens is 4. The summed E-state index contributed by atoms with van der Waals surface area (Å²) in [6, 6.07) is 8.04. The number of nitrogens with zero attached hydrogens (tertiary/aromatic N) is 5. The van der Waals surface area contributed by atoms with Crippen LogP contribution in [-0.2, 0) is 11.2 Å². The smallest absolute Gasteiger partial charge is 0.161 e. The second-order valence-electron chi connectivity index (χ2n) is 7.87. The maximum Gasteiger partial charge on any atom is 0.161 e. The van der Waals surface area contributed by atoms with Crippen LogP contribution in [0.25, 0.3) is 16.8 Å². The van der Waals surface area contributed by atoms with E-state index in [1.54, 1.807) is 26.4 Å². The van der Waals surface area contributed by atoms with Crippen molar-refractivity contribution in [3.05, 3.63) is 54.8 Å². The van der Waals surface area contributed by atoms with Crippen LogP contribution >= 0.6 is 0 Å². The van der Waals surface area contributed by atoms with Crippen molar-refractivity contribution >= 4 is 17.3 Å². The molecule has 8 nitrogen and oxygen atoms in total. The Morgan fingerprint density at radius 1 is 1.32 bits per heavy atom. The zero-order valence-electron chi connectivity index (χ0n) is 18.0. The number of methoxy groups -OCH3 is 1. The van der Waals surface area contributed by atoms with Crippen LogP contribution in [0.15, 0.2) is 53.9 Å². The number of aliphatic imine (C=N–C) groups is 1. The standard InChI is InChI=1S/C23H29N7O/c1-25-20(7-10-24)27-21-13-17(8-11-26-21)18-9-12-30-22(14-18)28-29-23(30)15-19(31-2)6-5-16-3-4-16/h7-14,16,19H,3-6,15,24H2,1-2H3,(H,25,26,27). The summed E-state index contributed by atoms with van der Waals surface area (Å²) in [4.78, 5) is 8.51. The summed E-state index contributed by atoms with van der Waals surface area (Å²) in [6.45, 7) is 0. The molecule has 3 heterocycles. The van der Waals surface area contributed by atoms with E-state index in [1.165, 1.54) is 25.5 Å². The molecule has 0 amide bonds. The minimum Gasteiger partial charge on any atom is -0.404 e. The predicted molar refractivity (Wildman–Crippen MR) is 123 cm³/mol. The minimum atomic E-state index is 0.179. The first-order valence-electron chi connectivity index (χ1n) is 10.6. The number of nitrogens with one attached hydrogen (secondary N) is 1. The highest BCUT2D eigenvalue weighted by atomic mass is 16.5. The molecule has 0 spiro atoms. The second kappa shape index (κ2) is 9.70. The molecule has 1 saturated carbocycles. The largest absolute Gasteiger partial charge is 0.404 e. The molecule has 31 heavy (non-hydrogen) atoms. The lowest BCUT2D eigenvalue weighted by molar-refractivity contribution is 0.0905. The van der Waals surface area contributed by atoms with E-state index in [0.29, 0.717) is 11.7 Å². The fraction of sp³-hybridized carbons (Fsp3) is 0.391. The normalized spacial score (nSPS) is 15.6. The third-order valence-corrected chi connectivity index (χ3v) is 5.66. The van der Waals surface area contributed by atoms with E-state index in [-0.39, 0.29) is 6.10 Å². The van der Waals surface area contributed by atoms with Gasteiger partial charge in [0.15, 0.2) is 5.65 Å². The van der Waals surface area contributed by atoms with E-state index in [9.17, 15) is 0 Å². The Bertz CT molecular complexity index is 1080. The number of hydrogen-bond acceptors (Lipinski definition) is 6.